The van der Waals surface area contributed by atoms with Gasteiger partial charge in [-0.1, -0.05) is 37.3 Å². The van der Waals surface area contributed by atoms with Crippen LogP contribution in [-0.4, -0.2) is 38.9 Å². The van der Waals surface area contributed by atoms with Crippen molar-refractivity contribution in [2.45, 2.75) is 24.3 Å². The zero-order valence-electron chi connectivity index (χ0n) is 15.3. The Balaban J connectivity index is 2.07. The Morgan fingerprint density at radius 3 is 2.37 bits per heavy atom. The van der Waals surface area contributed by atoms with E-state index in [1.165, 1.54) is 24.3 Å². The molecule has 0 aromatic heterocycles. The molecule has 0 aliphatic rings. The molecule has 1 amide bonds. The first-order valence-corrected chi connectivity index (χ1v) is 11.4. The van der Waals surface area contributed by atoms with Crippen LogP contribution in [0.1, 0.15) is 13.3 Å². The highest BCUT2D eigenvalue weighted by molar-refractivity contribution is 7.99. The molecule has 27 heavy (non-hydrogen) atoms. The highest BCUT2D eigenvalue weighted by Gasteiger charge is 2.32. The quantitative estimate of drug-likeness (QED) is 0.509. The van der Waals surface area contributed by atoms with Gasteiger partial charge in [0.05, 0.1) is 11.9 Å². The third kappa shape index (κ3) is 5.97. The third-order valence-electron chi connectivity index (χ3n) is 3.83. The summed E-state index contributed by atoms with van der Waals surface area (Å²) >= 11 is 1.59. The minimum Gasteiger partial charge on any atom is -0.353 e. The Bertz CT molecular complexity index is 860. The van der Waals surface area contributed by atoms with Crippen LogP contribution in [0, 0.1) is 5.82 Å². The molecular formula is C19H23FN2O3S2. The molecule has 1 N–H and O–H groups in total. The van der Waals surface area contributed by atoms with Crippen LogP contribution in [0.25, 0.3) is 0 Å². The number of rotatable bonds is 9. The summed E-state index contributed by atoms with van der Waals surface area (Å²) in [6.45, 7) is 2.08. The van der Waals surface area contributed by atoms with Gasteiger partial charge in [-0.3, -0.25) is 9.10 Å². The van der Waals surface area contributed by atoms with Crippen molar-refractivity contribution in [1.29, 1.82) is 0 Å². The zero-order chi connectivity index (χ0) is 19.9. The molecule has 0 heterocycles. The Kier molecular flexibility index (Phi) is 7.67. The number of amides is 1. The summed E-state index contributed by atoms with van der Waals surface area (Å²) in [5, 5.41) is 2.76. The first kappa shape index (κ1) is 21.2. The second-order valence-electron chi connectivity index (χ2n) is 5.89. The van der Waals surface area contributed by atoms with Crippen LogP contribution >= 0.6 is 11.8 Å². The van der Waals surface area contributed by atoms with Gasteiger partial charge in [-0.15, -0.1) is 11.8 Å². The van der Waals surface area contributed by atoms with Gasteiger partial charge in [-0.05, 0) is 30.7 Å². The number of benzene rings is 2. The molecule has 8 heteroatoms. The summed E-state index contributed by atoms with van der Waals surface area (Å²) in [6.07, 6.45) is 1.19. The van der Waals surface area contributed by atoms with E-state index in [0.29, 0.717) is 12.3 Å². The topological polar surface area (TPSA) is 66.5 Å². The van der Waals surface area contributed by atoms with Gasteiger partial charge in [-0.25, -0.2) is 12.8 Å². The van der Waals surface area contributed by atoms with Crippen molar-refractivity contribution in [2.75, 3.05) is 22.9 Å². The van der Waals surface area contributed by atoms with Crippen LogP contribution in [0.15, 0.2) is 59.5 Å². The number of carbonyl (C=O) groups is 1. The second kappa shape index (κ2) is 9.75. The van der Waals surface area contributed by atoms with Crippen LogP contribution in [0.5, 0.6) is 0 Å². The average molecular weight is 411 g/mol. The summed E-state index contributed by atoms with van der Waals surface area (Å²) < 4.78 is 39.6. The number of nitrogens with one attached hydrogen (secondary N) is 1. The Morgan fingerprint density at radius 2 is 1.78 bits per heavy atom. The first-order valence-electron chi connectivity index (χ1n) is 8.54. The fourth-order valence-corrected chi connectivity index (χ4v) is 4.65. The number of sulfonamides is 1. The van der Waals surface area contributed by atoms with Gasteiger partial charge in [0.1, 0.15) is 11.9 Å². The molecule has 146 valence electrons. The van der Waals surface area contributed by atoms with E-state index in [4.69, 9.17) is 0 Å². The molecule has 0 aliphatic carbocycles. The molecule has 5 nitrogen and oxygen atoms in total. The molecule has 0 bridgehead atoms. The average Bonchev–Trinajstić information content (AvgIpc) is 2.64. The van der Waals surface area contributed by atoms with Crippen LogP contribution in [0.2, 0.25) is 0 Å². The monoisotopic (exact) mass is 410 g/mol. The van der Waals surface area contributed by atoms with Gasteiger partial charge in [0.25, 0.3) is 0 Å². The van der Waals surface area contributed by atoms with E-state index in [-0.39, 0.29) is 12.1 Å². The van der Waals surface area contributed by atoms with Crippen molar-refractivity contribution in [1.82, 2.24) is 5.32 Å². The number of carbonyl (C=O) groups excluding carboxylic acids is 1. The molecule has 0 saturated carbocycles. The van der Waals surface area contributed by atoms with E-state index >= 15 is 0 Å². The molecule has 0 aliphatic heterocycles. The molecular weight excluding hydrogens is 387 g/mol. The molecule has 2 aromatic carbocycles. The van der Waals surface area contributed by atoms with Gasteiger partial charge in [-0.2, -0.15) is 0 Å². The van der Waals surface area contributed by atoms with Crippen molar-refractivity contribution in [2.24, 2.45) is 0 Å². The van der Waals surface area contributed by atoms with Gasteiger partial charge in [0.15, 0.2) is 0 Å². The maximum atomic E-state index is 14.2. The lowest BCUT2D eigenvalue weighted by atomic mass is 10.2. The van der Waals surface area contributed by atoms with Crippen LogP contribution in [-0.2, 0) is 14.8 Å². The number of hydrogen-bond donors (Lipinski definition) is 1. The van der Waals surface area contributed by atoms with Gasteiger partial charge >= 0.3 is 0 Å². The molecule has 0 radical (unpaired) electrons. The van der Waals surface area contributed by atoms with Gasteiger partial charge in [0, 0.05) is 17.2 Å². The molecule has 0 fully saturated rings. The molecule has 2 aromatic rings. The summed E-state index contributed by atoms with van der Waals surface area (Å²) in [6, 6.07) is 14.3. The minimum absolute atomic E-state index is 0.124. The fraction of sp³-hybridized carbons (Fsp3) is 0.316. The predicted octanol–water partition coefficient (Wildman–Crippen LogP) is 3.28. The highest BCUT2D eigenvalue weighted by atomic mass is 32.2. The largest absolute Gasteiger partial charge is 0.353 e. The SMILES string of the molecule is CC[C@H](C(=O)NCCSc1ccccc1)N(c1ccccc1F)S(C)(=O)=O. The van der Waals surface area contributed by atoms with E-state index in [2.05, 4.69) is 5.32 Å². The summed E-state index contributed by atoms with van der Waals surface area (Å²) in [5.41, 5.74) is -0.124. The number of para-hydroxylation sites is 1. The summed E-state index contributed by atoms with van der Waals surface area (Å²) in [4.78, 5) is 13.7. The maximum Gasteiger partial charge on any atom is 0.243 e. The Hall–Kier alpha value is -2.06. The number of nitrogens with zero attached hydrogens (tertiary/aromatic N) is 1. The van der Waals surface area contributed by atoms with Gasteiger partial charge < -0.3 is 5.32 Å². The number of anilines is 1. The molecule has 1 atom stereocenters. The summed E-state index contributed by atoms with van der Waals surface area (Å²) in [7, 11) is -3.84. The number of thioether (sulfide) groups is 1. The maximum absolute atomic E-state index is 14.2. The molecule has 0 unspecified atom stereocenters. The van der Waals surface area contributed by atoms with Crippen molar-refractivity contribution >= 4 is 33.4 Å². The van der Waals surface area contributed by atoms with E-state index in [1.807, 2.05) is 30.3 Å². The number of hydrogen-bond acceptors (Lipinski definition) is 4. The second-order valence-corrected chi connectivity index (χ2v) is 8.91. The molecule has 2 rings (SSSR count). The van der Waals surface area contributed by atoms with Crippen molar-refractivity contribution in [3.05, 3.63) is 60.4 Å². The Labute approximate surface area is 164 Å². The third-order valence-corrected chi connectivity index (χ3v) is 6.01. The lowest BCUT2D eigenvalue weighted by molar-refractivity contribution is -0.122. The smallest absolute Gasteiger partial charge is 0.243 e. The van der Waals surface area contributed by atoms with Crippen LogP contribution < -0.4 is 9.62 Å². The number of halogens is 1. The van der Waals surface area contributed by atoms with Crippen molar-refractivity contribution in [3.8, 4) is 0 Å². The Morgan fingerprint density at radius 1 is 1.15 bits per heavy atom. The standard InChI is InChI=1S/C19H23FN2O3S2/c1-3-17(19(23)21-13-14-26-15-9-5-4-6-10-15)22(27(2,24)25)18-12-8-7-11-16(18)20/h4-12,17H,3,13-14H2,1-2H3,(H,21,23)/t17-/m1/s1. The van der Waals surface area contributed by atoms with E-state index < -0.39 is 27.8 Å². The molecule has 0 saturated heterocycles. The summed E-state index contributed by atoms with van der Waals surface area (Å²) in [5.74, 6) is -0.487. The van der Waals surface area contributed by atoms with E-state index in [0.717, 1.165) is 15.5 Å². The fourth-order valence-electron chi connectivity index (χ4n) is 2.64. The minimum atomic E-state index is -3.84. The van der Waals surface area contributed by atoms with E-state index in [1.54, 1.807) is 18.7 Å². The van der Waals surface area contributed by atoms with Crippen molar-refractivity contribution < 1.29 is 17.6 Å². The van der Waals surface area contributed by atoms with Crippen LogP contribution in [0.3, 0.4) is 0 Å². The first-order chi connectivity index (χ1) is 12.8. The van der Waals surface area contributed by atoms with Gasteiger partial charge in [0.2, 0.25) is 15.9 Å². The lowest BCUT2D eigenvalue weighted by Gasteiger charge is -2.30. The lowest BCUT2D eigenvalue weighted by Crippen LogP contribution is -2.50. The van der Waals surface area contributed by atoms with Crippen molar-refractivity contribution in [3.63, 3.8) is 0 Å². The normalized spacial score (nSPS) is 12.4. The van der Waals surface area contributed by atoms with Crippen LogP contribution in [0.4, 0.5) is 10.1 Å². The van der Waals surface area contributed by atoms with E-state index in [9.17, 15) is 17.6 Å². The highest BCUT2D eigenvalue weighted by Crippen LogP contribution is 2.25. The molecule has 0 spiro atoms. The zero-order valence-corrected chi connectivity index (χ0v) is 16.9. The predicted molar refractivity (Wildman–Crippen MR) is 108 cm³/mol.